The van der Waals surface area contributed by atoms with Crippen LogP contribution in [0.4, 0.5) is 17.1 Å². The van der Waals surface area contributed by atoms with Crippen molar-refractivity contribution in [3.8, 4) is 5.75 Å². The highest BCUT2D eigenvalue weighted by molar-refractivity contribution is 5.95. The van der Waals surface area contributed by atoms with Gasteiger partial charge in [-0.15, -0.1) is 0 Å². The van der Waals surface area contributed by atoms with Crippen LogP contribution in [-0.4, -0.2) is 45.0 Å². The lowest BCUT2D eigenvalue weighted by atomic mass is 10.0. The van der Waals surface area contributed by atoms with E-state index in [1.54, 1.807) is 43.0 Å². The normalized spacial score (nSPS) is 11.3. The third kappa shape index (κ3) is 8.38. The molecule has 0 atom stereocenters. The molecule has 0 bridgehead atoms. The van der Waals surface area contributed by atoms with Crippen LogP contribution in [-0.2, 0) is 39.3 Å². The lowest BCUT2D eigenvalue weighted by Gasteiger charge is -2.29. The number of benzene rings is 2. The summed E-state index contributed by atoms with van der Waals surface area (Å²) in [6.07, 6.45) is 6.99. The van der Waals surface area contributed by atoms with Crippen molar-refractivity contribution in [1.82, 2.24) is 40.0 Å². The van der Waals surface area contributed by atoms with E-state index in [2.05, 4.69) is 45.4 Å². The number of nitro benzene ring substituents is 1. The smallest absolute Gasteiger partial charge is 0.300 e. The number of nitrogens with one attached hydrogen (secondary N) is 1. The average Bonchev–Trinajstić information content (AvgIpc) is 3.66. The standard InChI is InChI=1S/C38H34N10O4/c49-38-27(21-46(23-29-9-1-5-15-39-29)24-30-10-2-6-16-40-30)19-33(43-34-13-14-35(48(50)51)37-36(34)44-52-45-37)20-28(38)22-47(25-31-11-3-7-17-41-31)26-32-12-4-8-18-42-32/h1-20,43,49H,21-26H2/p-1. The summed E-state index contributed by atoms with van der Waals surface area (Å²) < 4.78 is 4.90. The molecule has 0 aliphatic carbocycles. The Morgan fingerprint density at radius 3 is 1.44 bits per heavy atom. The van der Waals surface area contributed by atoms with Crippen LogP contribution in [0.5, 0.6) is 5.75 Å². The second-order valence-corrected chi connectivity index (χ2v) is 12.2. The summed E-state index contributed by atoms with van der Waals surface area (Å²) in [5.74, 6) is -0.110. The Kier molecular flexibility index (Phi) is 10.4. The van der Waals surface area contributed by atoms with Crippen molar-refractivity contribution in [3.63, 3.8) is 0 Å². The number of pyridine rings is 4. The number of anilines is 2. The van der Waals surface area contributed by atoms with E-state index in [-0.39, 0.29) is 35.6 Å². The fourth-order valence-corrected chi connectivity index (χ4v) is 6.02. The Balaban J connectivity index is 1.28. The van der Waals surface area contributed by atoms with Gasteiger partial charge in [0.1, 0.15) is 0 Å². The van der Waals surface area contributed by atoms with Gasteiger partial charge in [0, 0.05) is 75.8 Å². The maximum Gasteiger partial charge on any atom is 0.300 e. The molecular weight excluding hydrogens is 660 g/mol. The molecule has 1 N–H and O–H groups in total. The molecule has 0 fully saturated rings. The molecule has 0 saturated carbocycles. The Morgan fingerprint density at radius 2 is 1.04 bits per heavy atom. The van der Waals surface area contributed by atoms with E-state index < -0.39 is 4.92 Å². The second-order valence-electron chi connectivity index (χ2n) is 12.2. The van der Waals surface area contributed by atoms with Crippen molar-refractivity contribution in [3.05, 3.63) is 166 Å². The van der Waals surface area contributed by atoms with Crippen LogP contribution in [0.3, 0.4) is 0 Å². The molecule has 0 saturated heterocycles. The number of hydrogen-bond donors (Lipinski definition) is 1. The van der Waals surface area contributed by atoms with E-state index in [0.717, 1.165) is 22.8 Å². The minimum Gasteiger partial charge on any atom is -0.872 e. The Hall–Kier alpha value is -6.64. The number of nitrogens with zero attached hydrogens (tertiary/aromatic N) is 9. The summed E-state index contributed by atoms with van der Waals surface area (Å²) >= 11 is 0. The van der Waals surface area contributed by atoms with Gasteiger partial charge in [-0.1, -0.05) is 30.0 Å². The predicted molar refractivity (Wildman–Crippen MR) is 190 cm³/mol. The van der Waals surface area contributed by atoms with Gasteiger partial charge in [-0.25, -0.2) is 4.63 Å². The highest BCUT2D eigenvalue weighted by Gasteiger charge is 2.21. The van der Waals surface area contributed by atoms with Gasteiger partial charge in [-0.2, -0.15) is 0 Å². The SMILES string of the molecule is O=[N+]([O-])c1ccc(Nc2cc(CN(Cc3ccccn3)Cc3ccccn3)c([O-])c(CN(Cc3ccccn3)Cc3ccccn3)c2)c2nonc12. The van der Waals surface area contributed by atoms with Crippen LogP contribution in [0, 0.1) is 10.1 Å². The molecule has 14 heteroatoms. The summed E-state index contributed by atoms with van der Waals surface area (Å²) in [5, 5.41) is 37.2. The summed E-state index contributed by atoms with van der Waals surface area (Å²) in [5.41, 5.74) is 5.51. The third-order valence-electron chi connectivity index (χ3n) is 8.35. The van der Waals surface area contributed by atoms with Crippen LogP contribution in [0.25, 0.3) is 11.0 Å². The van der Waals surface area contributed by atoms with Crippen molar-refractivity contribution >= 4 is 28.1 Å². The first-order chi connectivity index (χ1) is 25.5. The summed E-state index contributed by atoms with van der Waals surface area (Å²) in [6.45, 7) is 2.48. The van der Waals surface area contributed by atoms with E-state index in [0.29, 0.717) is 48.7 Å². The maximum absolute atomic E-state index is 14.5. The molecule has 0 aliphatic heterocycles. The Bertz CT molecular complexity index is 2050. The van der Waals surface area contributed by atoms with Gasteiger partial charge in [0.25, 0.3) is 0 Å². The molecule has 5 heterocycles. The minimum absolute atomic E-state index is 0.0182. The maximum atomic E-state index is 14.5. The highest BCUT2D eigenvalue weighted by Crippen LogP contribution is 2.34. The van der Waals surface area contributed by atoms with Crippen LogP contribution >= 0.6 is 0 Å². The lowest BCUT2D eigenvalue weighted by molar-refractivity contribution is -0.383. The monoisotopic (exact) mass is 693 g/mol. The Morgan fingerprint density at radius 1 is 0.596 bits per heavy atom. The zero-order chi connectivity index (χ0) is 35.7. The minimum atomic E-state index is -0.533. The zero-order valence-electron chi connectivity index (χ0n) is 27.9. The van der Waals surface area contributed by atoms with Gasteiger partial charge in [0.05, 0.1) is 33.4 Å². The van der Waals surface area contributed by atoms with Crippen molar-refractivity contribution < 1.29 is 14.7 Å². The quantitative estimate of drug-likeness (QED) is 0.0988. The van der Waals surface area contributed by atoms with E-state index in [4.69, 9.17) is 4.63 Å². The van der Waals surface area contributed by atoms with Crippen LogP contribution in [0.15, 0.2) is 126 Å². The molecule has 2 aromatic carbocycles. The van der Waals surface area contributed by atoms with Crippen LogP contribution in [0.1, 0.15) is 33.9 Å². The summed E-state index contributed by atoms with van der Waals surface area (Å²) in [7, 11) is 0. The summed E-state index contributed by atoms with van der Waals surface area (Å²) in [4.78, 5) is 33.5. The molecule has 0 amide bonds. The van der Waals surface area contributed by atoms with Crippen molar-refractivity contribution in [2.24, 2.45) is 0 Å². The first-order valence-corrected chi connectivity index (χ1v) is 16.5. The molecule has 5 aromatic heterocycles. The number of aromatic nitrogens is 6. The van der Waals surface area contributed by atoms with Crippen LogP contribution in [0.2, 0.25) is 0 Å². The highest BCUT2D eigenvalue weighted by atomic mass is 16.6. The van der Waals surface area contributed by atoms with Gasteiger partial charge >= 0.3 is 5.69 Å². The molecule has 7 aromatic rings. The summed E-state index contributed by atoms with van der Waals surface area (Å²) in [6, 6.07) is 29.5. The van der Waals surface area contributed by atoms with Crippen molar-refractivity contribution in [2.75, 3.05) is 5.32 Å². The molecule has 0 aliphatic rings. The molecule has 260 valence electrons. The topological polar surface area (TPSA) is 175 Å². The molecule has 0 spiro atoms. The van der Waals surface area contributed by atoms with Gasteiger partial charge < -0.3 is 10.4 Å². The van der Waals surface area contributed by atoms with Gasteiger partial charge in [-0.3, -0.25) is 39.9 Å². The lowest BCUT2D eigenvalue weighted by Crippen LogP contribution is -2.26. The van der Waals surface area contributed by atoms with Gasteiger partial charge in [0.2, 0.25) is 5.52 Å². The molecule has 52 heavy (non-hydrogen) atoms. The Labute approximate surface area is 298 Å². The van der Waals surface area contributed by atoms with E-state index in [9.17, 15) is 15.2 Å². The number of fused-ring (bicyclic) bond motifs is 1. The molecule has 0 unspecified atom stereocenters. The van der Waals surface area contributed by atoms with Crippen molar-refractivity contribution in [2.45, 2.75) is 39.3 Å². The van der Waals surface area contributed by atoms with E-state index in [1.165, 1.54) is 6.07 Å². The predicted octanol–water partition coefficient (Wildman–Crippen LogP) is 5.93. The molecule has 14 nitrogen and oxygen atoms in total. The first-order valence-electron chi connectivity index (χ1n) is 16.5. The largest absolute Gasteiger partial charge is 0.872 e. The fraction of sp³-hybridized carbons (Fsp3) is 0.158. The molecule has 0 radical (unpaired) electrons. The number of nitro groups is 1. The number of hydrogen-bond acceptors (Lipinski definition) is 13. The number of rotatable bonds is 15. The second kappa shape index (κ2) is 15.9. The molecule has 7 rings (SSSR count). The fourth-order valence-electron chi connectivity index (χ4n) is 6.02. The average molecular weight is 694 g/mol. The zero-order valence-corrected chi connectivity index (χ0v) is 27.9. The third-order valence-corrected chi connectivity index (χ3v) is 8.35. The van der Waals surface area contributed by atoms with Gasteiger partial charge in [-0.05, 0) is 88.2 Å². The molecular formula is C38H33N10O4-. The van der Waals surface area contributed by atoms with E-state index >= 15 is 0 Å². The van der Waals surface area contributed by atoms with Crippen LogP contribution < -0.4 is 10.4 Å². The first kappa shape index (κ1) is 33.8. The van der Waals surface area contributed by atoms with E-state index in [1.807, 2.05) is 72.8 Å². The van der Waals surface area contributed by atoms with Crippen molar-refractivity contribution in [1.29, 1.82) is 0 Å². The van der Waals surface area contributed by atoms with Gasteiger partial charge in [0.15, 0.2) is 5.52 Å². The number of non-ortho nitro benzene ring substituents is 1.